The van der Waals surface area contributed by atoms with Gasteiger partial charge >= 0.3 is 0 Å². The van der Waals surface area contributed by atoms with Crippen molar-refractivity contribution < 1.29 is 4.79 Å². The summed E-state index contributed by atoms with van der Waals surface area (Å²) >= 11 is 11.2. The Labute approximate surface area is 86.6 Å². The maximum absolute atomic E-state index is 11.2. The van der Waals surface area contributed by atoms with E-state index in [-0.39, 0.29) is 11.7 Å². The molecule has 1 rings (SSSR count). The topological polar surface area (TPSA) is 43.1 Å². The molecule has 4 heteroatoms. The van der Waals surface area contributed by atoms with Crippen molar-refractivity contribution >= 4 is 34.7 Å². The number of nitrogens with two attached hydrogens (primary N) is 1. The van der Waals surface area contributed by atoms with Crippen LogP contribution in [0, 0.1) is 6.92 Å². The normalized spacial score (nSPS) is 10.1. The SMILES string of the molecule is Cc1cc(N)c(C(=O)CCl)cc1Cl. The molecule has 0 bridgehead atoms. The number of alkyl halides is 1. The lowest BCUT2D eigenvalue weighted by atomic mass is 10.1. The molecule has 0 amide bonds. The molecule has 0 fully saturated rings. The van der Waals surface area contributed by atoms with Gasteiger partial charge in [-0.2, -0.15) is 0 Å². The van der Waals surface area contributed by atoms with Crippen LogP contribution in [0.15, 0.2) is 12.1 Å². The van der Waals surface area contributed by atoms with Gasteiger partial charge in [0.2, 0.25) is 0 Å². The number of benzene rings is 1. The third-order valence-corrected chi connectivity index (χ3v) is 2.40. The number of carbonyl (C=O) groups excluding carboxylic acids is 1. The molecule has 0 atom stereocenters. The molecule has 0 saturated carbocycles. The molecule has 0 aliphatic rings. The van der Waals surface area contributed by atoms with Crippen molar-refractivity contribution in [1.29, 1.82) is 0 Å². The van der Waals surface area contributed by atoms with Gasteiger partial charge in [0.15, 0.2) is 5.78 Å². The van der Waals surface area contributed by atoms with Gasteiger partial charge in [-0.15, -0.1) is 11.6 Å². The van der Waals surface area contributed by atoms with Crippen molar-refractivity contribution in [2.45, 2.75) is 6.92 Å². The Morgan fingerprint density at radius 1 is 1.54 bits per heavy atom. The van der Waals surface area contributed by atoms with Crippen molar-refractivity contribution in [3.63, 3.8) is 0 Å². The predicted molar refractivity (Wildman–Crippen MR) is 55.7 cm³/mol. The third-order valence-electron chi connectivity index (χ3n) is 1.75. The first kappa shape index (κ1) is 10.4. The Bertz CT molecular complexity index is 350. The van der Waals surface area contributed by atoms with Gasteiger partial charge in [0.25, 0.3) is 0 Å². The highest BCUT2D eigenvalue weighted by molar-refractivity contribution is 6.33. The van der Waals surface area contributed by atoms with Gasteiger partial charge in [-0.05, 0) is 24.6 Å². The number of hydrogen-bond acceptors (Lipinski definition) is 2. The van der Waals surface area contributed by atoms with Gasteiger partial charge in [-0.25, -0.2) is 0 Å². The molecule has 2 N–H and O–H groups in total. The predicted octanol–water partition coefficient (Wildman–Crippen LogP) is 2.65. The number of nitrogen functional groups attached to an aromatic ring is 1. The number of anilines is 1. The van der Waals surface area contributed by atoms with Crippen molar-refractivity contribution in [2.24, 2.45) is 0 Å². The fourth-order valence-electron chi connectivity index (χ4n) is 1.02. The molecule has 0 spiro atoms. The standard InChI is InChI=1S/C9H9Cl2NO/c1-5-2-8(12)6(3-7(5)11)9(13)4-10/h2-3H,4,12H2,1H3. The third kappa shape index (κ3) is 2.14. The molecule has 0 radical (unpaired) electrons. The first-order chi connectivity index (χ1) is 6.06. The monoisotopic (exact) mass is 217 g/mol. The zero-order valence-electron chi connectivity index (χ0n) is 7.10. The first-order valence-electron chi connectivity index (χ1n) is 3.71. The van der Waals surface area contributed by atoms with Crippen molar-refractivity contribution in [3.05, 3.63) is 28.3 Å². The van der Waals surface area contributed by atoms with Gasteiger partial charge in [-0.1, -0.05) is 11.6 Å². The summed E-state index contributed by atoms with van der Waals surface area (Å²) < 4.78 is 0. The number of Topliss-reactive ketones (excluding diaryl/α,β-unsaturated/α-hetero) is 1. The van der Waals surface area contributed by atoms with Gasteiger partial charge in [-0.3, -0.25) is 4.79 Å². The van der Waals surface area contributed by atoms with E-state index >= 15 is 0 Å². The van der Waals surface area contributed by atoms with Crippen LogP contribution < -0.4 is 5.73 Å². The van der Waals surface area contributed by atoms with Crippen LogP contribution in [0.4, 0.5) is 5.69 Å². The molecule has 0 saturated heterocycles. The highest BCUT2D eigenvalue weighted by atomic mass is 35.5. The second-order valence-corrected chi connectivity index (χ2v) is 3.42. The Morgan fingerprint density at radius 2 is 2.15 bits per heavy atom. The number of aryl methyl sites for hydroxylation is 1. The van der Waals surface area contributed by atoms with E-state index in [1.807, 2.05) is 6.92 Å². The van der Waals surface area contributed by atoms with Crippen LogP contribution in [-0.2, 0) is 0 Å². The average Bonchev–Trinajstić information content (AvgIpc) is 2.10. The van der Waals surface area contributed by atoms with E-state index in [1.165, 1.54) is 0 Å². The van der Waals surface area contributed by atoms with Gasteiger partial charge in [0, 0.05) is 16.3 Å². The van der Waals surface area contributed by atoms with E-state index < -0.39 is 0 Å². The summed E-state index contributed by atoms with van der Waals surface area (Å²) in [5.41, 5.74) is 7.30. The largest absolute Gasteiger partial charge is 0.398 e. The maximum Gasteiger partial charge on any atom is 0.179 e. The summed E-state index contributed by atoms with van der Waals surface area (Å²) in [5.74, 6) is -0.287. The molecule has 0 heterocycles. The molecule has 13 heavy (non-hydrogen) atoms. The molecule has 1 aromatic carbocycles. The lowest BCUT2D eigenvalue weighted by Gasteiger charge is -2.05. The van der Waals surface area contributed by atoms with Crippen LogP contribution in [0.1, 0.15) is 15.9 Å². The van der Waals surface area contributed by atoms with Crippen molar-refractivity contribution in [1.82, 2.24) is 0 Å². The summed E-state index contributed by atoms with van der Waals surface area (Å²) in [6.07, 6.45) is 0. The van der Waals surface area contributed by atoms with E-state index in [0.29, 0.717) is 16.3 Å². The van der Waals surface area contributed by atoms with Crippen LogP contribution in [0.5, 0.6) is 0 Å². The number of carbonyl (C=O) groups is 1. The minimum atomic E-state index is -0.207. The first-order valence-corrected chi connectivity index (χ1v) is 4.62. The van der Waals surface area contributed by atoms with E-state index in [2.05, 4.69) is 0 Å². The average molecular weight is 218 g/mol. The summed E-state index contributed by atoms with van der Waals surface area (Å²) in [6.45, 7) is 1.83. The summed E-state index contributed by atoms with van der Waals surface area (Å²) in [5, 5.41) is 0.530. The van der Waals surface area contributed by atoms with Gasteiger partial charge < -0.3 is 5.73 Å². The molecule has 70 valence electrons. The molecule has 0 aliphatic carbocycles. The lowest BCUT2D eigenvalue weighted by molar-refractivity contribution is 0.102. The molecule has 0 unspecified atom stereocenters. The zero-order chi connectivity index (χ0) is 10.0. The van der Waals surface area contributed by atoms with Crippen LogP contribution in [0.25, 0.3) is 0 Å². The van der Waals surface area contributed by atoms with Gasteiger partial charge in [0.05, 0.1) is 5.88 Å². The number of rotatable bonds is 2. The Kier molecular flexibility index (Phi) is 3.17. The van der Waals surface area contributed by atoms with E-state index in [9.17, 15) is 4.79 Å². The summed E-state index contributed by atoms with van der Waals surface area (Å²) in [6, 6.07) is 3.22. The van der Waals surface area contributed by atoms with Crippen LogP contribution in [0.3, 0.4) is 0 Å². The van der Waals surface area contributed by atoms with Crippen molar-refractivity contribution in [3.8, 4) is 0 Å². The summed E-state index contributed by atoms with van der Waals surface area (Å²) in [4.78, 5) is 11.2. The molecule has 0 aliphatic heterocycles. The summed E-state index contributed by atoms with van der Waals surface area (Å²) in [7, 11) is 0. The highest BCUT2D eigenvalue weighted by Gasteiger charge is 2.10. The van der Waals surface area contributed by atoms with E-state index in [0.717, 1.165) is 5.56 Å². The second kappa shape index (κ2) is 3.99. The zero-order valence-corrected chi connectivity index (χ0v) is 8.62. The number of hydrogen-bond donors (Lipinski definition) is 1. The molecular weight excluding hydrogens is 209 g/mol. The minimum Gasteiger partial charge on any atom is -0.398 e. The Balaban J connectivity index is 3.23. The number of halogens is 2. The molecule has 0 aromatic heterocycles. The molecule has 1 aromatic rings. The van der Waals surface area contributed by atoms with Crippen LogP contribution in [0.2, 0.25) is 5.02 Å². The van der Waals surface area contributed by atoms with E-state index in [1.54, 1.807) is 12.1 Å². The fourth-order valence-corrected chi connectivity index (χ4v) is 1.32. The van der Waals surface area contributed by atoms with Gasteiger partial charge in [0.1, 0.15) is 0 Å². The van der Waals surface area contributed by atoms with Crippen molar-refractivity contribution in [2.75, 3.05) is 11.6 Å². The Hall–Kier alpha value is -0.730. The van der Waals surface area contributed by atoms with E-state index in [4.69, 9.17) is 28.9 Å². The highest BCUT2D eigenvalue weighted by Crippen LogP contribution is 2.23. The quantitative estimate of drug-likeness (QED) is 0.471. The second-order valence-electron chi connectivity index (χ2n) is 2.75. The fraction of sp³-hybridized carbons (Fsp3) is 0.222. The van der Waals surface area contributed by atoms with Crippen LogP contribution in [-0.4, -0.2) is 11.7 Å². The Morgan fingerprint density at radius 3 is 2.69 bits per heavy atom. The lowest BCUT2D eigenvalue weighted by Crippen LogP contribution is -2.05. The number of ketones is 1. The van der Waals surface area contributed by atoms with Crippen LogP contribution >= 0.6 is 23.2 Å². The minimum absolute atomic E-state index is 0.0798. The molecular formula is C9H9Cl2NO. The molecule has 2 nitrogen and oxygen atoms in total. The smallest absolute Gasteiger partial charge is 0.179 e. The maximum atomic E-state index is 11.2.